The van der Waals surface area contributed by atoms with Crippen LogP contribution in [0.4, 0.5) is 10.7 Å². The average molecular weight is 301 g/mol. The standard InChI is InChI=1S/C16H23N5O/c22-16(19-13-14-5-2-1-3-6-14)21-11-9-20(10-12-21)15-17-7-4-8-18-15/h4,7-8,13H,1-3,5-6,9-12H2,(H,19,22). The maximum Gasteiger partial charge on any atom is 0.321 e. The van der Waals surface area contributed by atoms with E-state index in [1.165, 1.54) is 24.8 Å². The van der Waals surface area contributed by atoms with E-state index in [1.54, 1.807) is 12.4 Å². The molecule has 0 spiro atoms. The maximum atomic E-state index is 12.2. The minimum atomic E-state index is 0.00621. The minimum Gasteiger partial charge on any atom is -0.337 e. The third kappa shape index (κ3) is 3.75. The zero-order chi connectivity index (χ0) is 15.2. The second-order valence-electron chi connectivity index (χ2n) is 5.84. The molecule has 3 rings (SSSR count). The summed E-state index contributed by atoms with van der Waals surface area (Å²) in [5.74, 6) is 0.742. The second-order valence-corrected chi connectivity index (χ2v) is 5.84. The quantitative estimate of drug-likeness (QED) is 0.909. The van der Waals surface area contributed by atoms with Crippen molar-refractivity contribution in [1.82, 2.24) is 20.2 Å². The first kappa shape index (κ1) is 14.8. The molecule has 2 aliphatic rings. The van der Waals surface area contributed by atoms with Crippen molar-refractivity contribution >= 4 is 12.0 Å². The first-order chi connectivity index (χ1) is 10.8. The van der Waals surface area contributed by atoms with Gasteiger partial charge in [0.25, 0.3) is 0 Å². The SMILES string of the molecule is O=C(NC=C1CCCCC1)N1CCN(c2ncccn2)CC1. The highest BCUT2D eigenvalue weighted by Crippen LogP contribution is 2.21. The Kier molecular flexibility index (Phi) is 4.88. The van der Waals surface area contributed by atoms with Crippen molar-refractivity contribution in [2.24, 2.45) is 0 Å². The number of rotatable bonds is 2. The van der Waals surface area contributed by atoms with E-state index in [9.17, 15) is 4.79 Å². The van der Waals surface area contributed by atoms with E-state index in [0.717, 1.165) is 31.9 Å². The number of hydrogen-bond donors (Lipinski definition) is 1. The molecule has 2 heterocycles. The fraction of sp³-hybridized carbons (Fsp3) is 0.562. The molecule has 2 fully saturated rings. The van der Waals surface area contributed by atoms with E-state index in [4.69, 9.17) is 0 Å². The van der Waals surface area contributed by atoms with Crippen LogP contribution in [-0.2, 0) is 0 Å². The molecule has 0 bridgehead atoms. The summed E-state index contributed by atoms with van der Waals surface area (Å²) < 4.78 is 0. The van der Waals surface area contributed by atoms with Gasteiger partial charge in [0, 0.05) is 44.8 Å². The maximum absolute atomic E-state index is 12.2. The Balaban J connectivity index is 1.47. The number of carbonyl (C=O) groups is 1. The third-order valence-electron chi connectivity index (χ3n) is 4.30. The van der Waals surface area contributed by atoms with Crippen LogP contribution < -0.4 is 10.2 Å². The zero-order valence-electron chi connectivity index (χ0n) is 12.9. The third-order valence-corrected chi connectivity index (χ3v) is 4.30. The summed E-state index contributed by atoms with van der Waals surface area (Å²) in [5.41, 5.74) is 1.37. The molecule has 22 heavy (non-hydrogen) atoms. The molecule has 1 N–H and O–H groups in total. The molecule has 6 heteroatoms. The lowest BCUT2D eigenvalue weighted by molar-refractivity contribution is 0.197. The molecular weight excluding hydrogens is 278 g/mol. The number of amides is 2. The lowest BCUT2D eigenvalue weighted by Crippen LogP contribution is -2.51. The molecule has 0 unspecified atom stereocenters. The smallest absolute Gasteiger partial charge is 0.321 e. The summed E-state index contributed by atoms with van der Waals surface area (Å²) in [7, 11) is 0. The van der Waals surface area contributed by atoms with Crippen LogP contribution in [0.5, 0.6) is 0 Å². The van der Waals surface area contributed by atoms with Crippen LogP contribution in [0.1, 0.15) is 32.1 Å². The molecule has 2 amide bonds. The first-order valence-electron chi connectivity index (χ1n) is 8.08. The number of piperazine rings is 1. The van der Waals surface area contributed by atoms with Crippen LogP contribution in [-0.4, -0.2) is 47.1 Å². The molecule has 1 aliphatic heterocycles. The molecule has 0 atom stereocenters. The van der Waals surface area contributed by atoms with Gasteiger partial charge in [-0.25, -0.2) is 14.8 Å². The number of hydrogen-bond acceptors (Lipinski definition) is 4. The van der Waals surface area contributed by atoms with E-state index in [-0.39, 0.29) is 6.03 Å². The van der Waals surface area contributed by atoms with E-state index >= 15 is 0 Å². The molecular formula is C16H23N5O. The fourth-order valence-corrected chi connectivity index (χ4v) is 2.97. The van der Waals surface area contributed by atoms with Gasteiger partial charge in [0.1, 0.15) is 0 Å². The Bertz CT molecular complexity index is 515. The lowest BCUT2D eigenvalue weighted by Gasteiger charge is -2.34. The van der Waals surface area contributed by atoms with Crippen molar-refractivity contribution < 1.29 is 4.79 Å². The van der Waals surface area contributed by atoms with Gasteiger partial charge in [-0.3, -0.25) is 0 Å². The van der Waals surface area contributed by atoms with Gasteiger partial charge >= 0.3 is 6.03 Å². The van der Waals surface area contributed by atoms with E-state index in [2.05, 4.69) is 20.2 Å². The first-order valence-corrected chi connectivity index (χ1v) is 8.08. The number of anilines is 1. The predicted molar refractivity (Wildman–Crippen MR) is 85.5 cm³/mol. The molecule has 0 radical (unpaired) electrons. The van der Waals surface area contributed by atoms with Gasteiger partial charge < -0.3 is 15.1 Å². The summed E-state index contributed by atoms with van der Waals surface area (Å²) in [6.07, 6.45) is 11.5. The van der Waals surface area contributed by atoms with Crippen molar-refractivity contribution in [3.63, 3.8) is 0 Å². The highest BCUT2D eigenvalue weighted by Gasteiger charge is 2.22. The molecule has 1 saturated heterocycles. The van der Waals surface area contributed by atoms with Crippen LogP contribution in [0, 0.1) is 0 Å². The van der Waals surface area contributed by atoms with Crippen molar-refractivity contribution in [3.05, 3.63) is 30.2 Å². The Labute approximate surface area is 131 Å². The van der Waals surface area contributed by atoms with Gasteiger partial charge in [0.05, 0.1) is 0 Å². The highest BCUT2D eigenvalue weighted by atomic mass is 16.2. The van der Waals surface area contributed by atoms with Gasteiger partial charge in [-0.05, 0) is 31.7 Å². The Morgan fingerprint density at radius 3 is 2.41 bits per heavy atom. The number of nitrogens with zero attached hydrogens (tertiary/aromatic N) is 4. The van der Waals surface area contributed by atoms with Crippen molar-refractivity contribution in [2.75, 3.05) is 31.1 Å². The highest BCUT2D eigenvalue weighted by molar-refractivity contribution is 5.75. The summed E-state index contributed by atoms with van der Waals surface area (Å²) >= 11 is 0. The van der Waals surface area contributed by atoms with Gasteiger partial charge in [0.15, 0.2) is 0 Å². The van der Waals surface area contributed by atoms with Crippen LogP contribution in [0.3, 0.4) is 0 Å². The number of urea groups is 1. The number of allylic oxidation sites excluding steroid dienone is 1. The van der Waals surface area contributed by atoms with Gasteiger partial charge in [-0.15, -0.1) is 0 Å². The van der Waals surface area contributed by atoms with Crippen molar-refractivity contribution in [1.29, 1.82) is 0 Å². The van der Waals surface area contributed by atoms with Crippen LogP contribution in [0.2, 0.25) is 0 Å². The van der Waals surface area contributed by atoms with Crippen molar-refractivity contribution in [2.45, 2.75) is 32.1 Å². The minimum absolute atomic E-state index is 0.00621. The fourth-order valence-electron chi connectivity index (χ4n) is 2.97. The van der Waals surface area contributed by atoms with Gasteiger partial charge in [-0.1, -0.05) is 12.0 Å². The van der Waals surface area contributed by atoms with E-state index < -0.39 is 0 Å². The zero-order valence-corrected chi connectivity index (χ0v) is 12.9. The topological polar surface area (TPSA) is 61.4 Å². The number of nitrogens with one attached hydrogen (secondary N) is 1. The molecule has 1 saturated carbocycles. The molecule has 1 aromatic rings. The molecule has 118 valence electrons. The van der Waals surface area contributed by atoms with Crippen LogP contribution in [0.15, 0.2) is 30.2 Å². The van der Waals surface area contributed by atoms with Gasteiger partial charge in [0.2, 0.25) is 5.95 Å². The average Bonchev–Trinajstić information content (AvgIpc) is 2.61. The van der Waals surface area contributed by atoms with E-state index in [1.807, 2.05) is 17.2 Å². The molecule has 1 aliphatic carbocycles. The predicted octanol–water partition coefficient (Wildman–Crippen LogP) is 2.16. The largest absolute Gasteiger partial charge is 0.337 e. The van der Waals surface area contributed by atoms with Crippen LogP contribution >= 0.6 is 0 Å². The molecule has 1 aromatic heterocycles. The Morgan fingerprint density at radius 2 is 1.73 bits per heavy atom. The van der Waals surface area contributed by atoms with Gasteiger partial charge in [-0.2, -0.15) is 0 Å². The summed E-state index contributed by atoms with van der Waals surface area (Å²) in [6.45, 7) is 2.95. The Hall–Kier alpha value is -2.11. The summed E-state index contributed by atoms with van der Waals surface area (Å²) in [6, 6.07) is 1.82. The normalized spacial score (nSPS) is 19.0. The summed E-state index contributed by atoms with van der Waals surface area (Å²) in [5, 5.41) is 2.95. The number of carbonyl (C=O) groups excluding carboxylic acids is 1. The lowest BCUT2D eigenvalue weighted by atomic mass is 9.96. The molecule has 0 aromatic carbocycles. The van der Waals surface area contributed by atoms with E-state index in [0.29, 0.717) is 13.1 Å². The van der Waals surface area contributed by atoms with Crippen molar-refractivity contribution in [3.8, 4) is 0 Å². The summed E-state index contributed by atoms with van der Waals surface area (Å²) in [4.78, 5) is 24.7. The second kappa shape index (κ2) is 7.24. The molecule has 6 nitrogen and oxygen atoms in total. The Morgan fingerprint density at radius 1 is 1.05 bits per heavy atom. The number of aromatic nitrogens is 2. The van der Waals surface area contributed by atoms with Crippen LogP contribution in [0.25, 0.3) is 0 Å². The monoisotopic (exact) mass is 301 g/mol.